The van der Waals surface area contributed by atoms with Crippen LogP contribution in [-0.4, -0.2) is 77.6 Å². The summed E-state index contributed by atoms with van der Waals surface area (Å²) in [6.07, 6.45) is 9.39. The highest BCUT2D eigenvalue weighted by Gasteiger charge is 2.33. The Balaban J connectivity index is 1.47. The molecule has 1 saturated carbocycles. The number of hydrogen-bond acceptors (Lipinski definition) is 7. The first-order chi connectivity index (χ1) is 24.9. The molecule has 2 aliphatic heterocycles. The van der Waals surface area contributed by atoms with Crippen LogP contribution in [0.2, 0.25) is 0 Å². The number of methoxy groups -OCH3 is 1. The number of sulfonamides is 1. The molecule has 0 bridgehead atoms. The van der Waals surface area contributed by atoms with Crippen molar-refractivity contribution < 1.29 is 27.5 Å². The minimum Gasteiger partial charge on any atom is -0.497 e. The number of allylic oxidation sites excluding steroid dienone is 1. The van der Waals surface area contributed by atoms with Gasteiger partial charge < -0.3 is 18.9 Å². The maximum atomic E-state index is 14.3. The number of aromatic nitrogens is 3. The highest BCUT2D eigenvalue weighted by molar-refractivity contribution is 7.90. The fraction of sp³-hybridized carbons (Fsp3) is 0.475. The van der Waals surface area contributed by atoms with E-state index in [-0.39, 0.29) is 23.6 Å². The molecule has 7 rings (SSSR count). The van der Waals surface area contributed by atoms with Crippen LogP contribution >= 0.6 is 0 Å². The van der Waals surface area contributed by atoms with Gasteiger partial charge in [-0.15, -0.1) is 0 Å². The van der Waals surface area contributed by atoms with Gasteiger partial charge in [0.25, 0.3) is 11.8 Å². The molecule has 52 heavy (non-hydrogen) atoms. The summed E-state index contributed by atoms with van der Waals surface area (Å²) in [6, 6.07) is 11.6. The number of nitrogens with one attached hydrogen (secondary N) is 1. The van der Waals surface area contributed by atoms with Crippen molar-refractivity contribution in [1.82, 2.24) is 24.0 Å². The Kier molecular flexibility index (Phi) is 9.81. The minimum atomic E-state index is -3.84. The quantitative estimate of drug-likeness (QED) is 0.207. The third-order valence-electron chi connectivity index (χ3n) is 10.8. The molecule has 2 aromatic carbocycles. The van der Waals surface area contributed by atoms with Crippen LogP contribution in [0, 0.1) is 0 Å². The molecule has 1 atom stereocenters. The summed E-state index contributed by atoms with van der Waals surface area (Å²) in [5.74, 6) is 0.287. The highest BCUT2D eigenvalue weighted by atomic mass is 32.2. The summed E-state index contributed by atoms with van der Waals surface area (Å²) in [6.45, 7) is 11.1. The zero-order chi connectivity index (χ0) is 36.9. The highest BCUT2D eigenvalue weighted by Crippen LogP contribution is 2.48. The average Bonchev–Trinajstić information content (AvgIpc) is 3.66. The van der Waals surface area contributed by atoms with Crippen molar-refractivity contribution in [3.63, 3.8) is 0 Å². The monoisotopic (exact) mass is 727 g/mol. The SMILES string of the molecule is COc1ccc2c(c1)C=C(c1c(C(=O)N3CCO[C@@H](C)C3)cnn1C(C)C)Cn1c-2c(C2CCCCC2)c2ccc(C(=O)NS(=O)(=O)C(C)C)cc21. The lowest BCUT2D eigenvalue weighted by molar-refractivity contribution is -0.0124. The van der Waals surface area contributed by atoms with Crippen LogP contribution in [0.1, 0.15) is 116 Å². The molecular weight excluding hydrogens is 679 g/mol. The molecule has 4 heterocycles. The van der Waals surface area contributed by atoms with E-state index in [2.05, 4.69) is 35.3 Å². The second-order valence-corrected chi connectivity index (χ2v) is 17.2. The van der Waals surface area contributed by atoms with Gasteiger partial charge in [-0.3, -0.25) is 14.3 Å². The maximum absolute atomic E-state index is 14.3. The Morgan fingerprint density at radius 2 is 1.79 bits per heavy atom. The normalized spacial score (nSPS) is 18.3. The number of carbonyl (C=O) groups excluding carboxylic acids is 2. The van der Waals surface area contributed by atoms with Crippen LogP contribution in [0.4, 0.5) is 0 Å². The van der Waals surface area contributed by atoms with E-state index in [4.69, 9.17) is 14.6 Å². The zero-order valence-electron chi connectivity index (χ0n) is 30.9. The first-order valence-corrected chi connectivity index (χ1v) is 20.0. The number of morpholine rings is 1. The molecule has 0 unspecified atom stereocenters. The van der Waals surface area contributed by atoms with E-state index in [1.165, 1.54) is 12.0 Å². The number of amides is 2. The number of ether oxygens (including phenoxy) is 2. The molecule has 2 aromatic heterocycles. The van der Waals surface area contributed by atoms with Crippen molar-refractivity contribution in [3.8, 4) is 17.0 Å². The van der Waals surface area contributed by atoms with Crippen LogP contribution in [0.15, 0.2) is 42.6 Å². The van der Waals surface area contributed by atoms with E-state index in [0.29, 0.717) is 37.7 Å². The van der Waals surface area contributed by atoms with E-state index >= 15 is 0 Å². The molecule has 276 valence electrons. The first kappa shape index (κ1) is 36.0. The molecule has 2 fully saturated rings. The van der Waals surface area contributed by atoms with E-state index in [9.17, 15) is 18.0 Å². The van der Waals surface area contributed by atoms with Gasteiger partial charge in [-0.05, 0) is 106 Å². The van der Waals surface area contributed by atoms with Gasteiger partial charge in [0, 0.05) is 41.2 Å². The van der Waals surface area contributed by atoms with Crippen LogP contribution < -0.4 is 9.46 Å². The molecule has 11 nitrogen and oxygen atoms in total. The standard InChI is InChI=1S/C40H49N5O6S/c1-24(2)45-37(34(21-41-45)40(47)43-16-17-51-26(5)22-43)30-18-29-19-31(50-6)13-15-32(29)38-36(27-10-8-7-9-11-27)33-14-12-28(20-35(33)44(38)23-30)39(46)42-52(48,49)25(3)4/h12-15,18-21,24-27H,7-11,16-17,22-23H2,1-6H3,(H,42,46)/t26-/m0/s1. The van der Waals surface area contributed by atoms with Gasteiger partial charge in [0.05, 0.1) is 54.8 Å². The van der Waals surface area contributed by atoms with E-state index in [1.54, 1.807) is 33.2 Å². The van der Waals surface area contributed by atoms with Crippen molar-refractivity contribution in [3.05, 3.63) is 70.5 Å². The summed E-state index contributed by atoms with van der Waals surface area (Å²) in [5.41, 5.74) is 7.59. The number of benzene rings is 2. The largest absolute Gasteiger partial charge is 0.497 e. The lowest BCUT2D eigenvalue weighted by atomic mass is 9.81. The summed E-state index contributed by atoms with van der Waals surface area (Å²) < 4.78 is 43.4. The Morgan fingerprint density at radius 3 is 2.48 bits per heavy atom. The molecule has 1 aliphatic carbocycles. The predicted molar refractivity (Wildman–Crippen MR) is 203 cm³/mol. The molecule has 4 aromatic rings. The maximum Gasteiger partial charge on any atom is 0.264 e. The second kappa shape index (κ2) is 14.2. The third kappa shape index (κ3) is 6.55. The van der Waals surface area contributed by atoms with E-state index in [1.807, 2.05) is 40.8 Å². The second-order valence-electron chi connectivity index (χ2n) is 14.9. The molecule has 0 radical (unpaired) electrons. The number of rotatable bonds is 8. The van der Waals surface area contributed by atoms with Crippen LogP contribution in [0.3, 0.4) is 0 Å². The van der Waals surface area contributed by atoms with Gasteiger partial charge in [-0.25, -0.2) is 13.1 Å². The molecular formula is C40H49N5O6S. The zero-order valence-corrected chi connectivity index (χ0v) is 31.8. The fourth-order valence-corrected chi connectivity index (χ4v) is 8.65. The van der Waals surface area contributed by atoms with Crippen molar-refractivity contribution in [2.24, 2.45) is 0 Å². The van der Waals surface area contributed by atoms with Gasteiger partial charge in [0.15, 0.2) is 0 Å². The Morgan fingerprint density at radius 1 is 1.02 bits per heavy atom. The molecule has 2 amide bonds. The van der Waals surface area contributed by atoms with Crippen LogP contribution in [0.25, 0.3) is 33.8 Å². The average molecular weight is 728 g/mol. The number of fused-ring (bicyclic) bond motifs is 5. The molecule has 12 heteroatoms. The topological polar surface area (TPSA) is 125 Å². The smallest absolute Gasteiger partial charge is 0.264 e. The van der Waals surface area contributed by atoms with Gasteiger partial charge in [0.1, 0.15) is 5.75 Å². The van der Waals surface area contributed by atoms with Gasteiger partial charge in [-0.1, -0.05) is 25.3 Å². The molecule has 3 aliphatic rings. The third-order valence-corrected chi connectivity index (χ3v) is 12.5. The van der Waals surface area contributed by atoms with Gasteiger partial charge >= 0.3 is 0 Å². The van der Waals surface area contributed by atoms with Crippen molar-refractivity contribution in [2.75, 3.05) is 26.8 Å². The van der Waals surface area contributed by atoms with Crippen LogP contribution in [-0.2, 0) is 21.3 Å². The first-order valence-electron chi connectivity index (χ1n) is 18.5. The molecule has 0 spiro atoms. The van der Waals surface area contributed by atoms with Gasteiger partial charge in [-0.2, -0.15) is 5.10 Å². The lowest BCUT2D eigenvalue weighted by Crippen LogP contribution is -2.44. The minimum absolute atomic E-state index is 0.0361. The number of hydrogen-bond donors (Lipinski definition) is 1. The summed E-state index contributed by atoms with van der Waals surface area (Å²) in [7, 11) is -2.18. The van der Waals surface area contributed by atoms with E-state index in [0.717, 1.165) is 70.4 Å². The molecule has 1 saturated heterocycles. The lowest BCUT2D eigenvalue weighted by Gasteiger charge is -2.31. The number of nitrogens with zero attached hydrogens (tertiary/aromatic N) is 4. The Bertz CT molecular complexity index is 2170. The Hall–Kier alpha value is -4.42. The van der Waals surface area contributed by atoms with Gasteiger partial charge in [0.2, 0.25) is 10.0 Å². The van der Waals surface area contributed by atoms with Crippen LogP contribution in [0.5, 0.6) is 5.75 Å². The van der Waals surface area contributed by atoms with Crippen molar-refractivity contribution >= 4 is 44.4 Å². The predicted octanol–water partition coefficient (Wildman–Crippen LogP) is 7.03. The van der Waals surface area contributed by atoms with E-state index < -0.39 is 21.2 Å². The number of carbonyl (C=O) groups is 2. The van der Waals surface area contributed by atoms with Crippen molar-refractivity contribution in [2.45, 2.75) is 96.6 Å². The Labute approximate surface area is 306 Å². The summed E-state index contributed by atoms with van der Waals surface area (Å²) in [5, 5.41) is 5.07. The summed E-state index contributed by atoms with van der Waals surface area (Å²) in [4.78, 5) is 29.6. The fourth-order valence-electron chi connectivity index (χ4n) is 8.04. The molecule has 1 N–H and O–H groups in total. The summed E-state index contributed by atoms with van der Waals surface area (Å²) >= 11 is 0. The van der Waals surface area contributed by atoms with Crippen molar-refractivity contribution in [1.29, 1.82) is 0 Å².